The van der Waals surface area contributed by atoms with Crippen LogP contribution in [0.4, 0.5) is 0 Å². The Morgan fingerprint density at radius 1 is 0.500 bits per heavy atom. The van der Waals surface area contributed by atoms with E-state index in [9.17, 15) is 8.42 Å². The third-order valence-electron chi connectivity index (χ3n) is 7.99. The first kappa shape index (κ1) is 36.0. The zero-order chi connectivity index (χ0) is 34.4. The van der Waals surface area contributed by atoms with Crippen molar-refractivity contribution in [3.8, 4) is 0 Å². The second-order valence-electron chi connectivity index (χ2n) is 11.7. The Morgan fingerprint density at radius 2 is 0.900 bits per heavy atom. The third kappa shape index (κ3) is 10.8. The van der Waals surface area contributed by atoms with E-state index in [0.29, 0.717) is 22.3 Å². The van der Waals surface area contributed by atoms with Crippen LogP contribution in [0.3, 0.4) is 0 Å². The van der Waals surface area contributed by atoms with E-state index < -0.39 is 39.9 Å². The van der Waals surface area contributed by atoms with Gasteiger partial charge in [-0.25, -0.2) is 4.18 Å². The lowest BCUT2D eigenvalue weighted by Crippen LogP contribution is -2.62. The third-order valence-corrected chi connectivity index (χ3v) is 10.5. The van der Waals surface area contributed by atoms with Crippen molar-refractivity contribution in [2.45, 2.75) is 62.0 Å². The maximum absolute atomic E-state index is 13.6. The molecule has 50 heavy (non-hydrogen) atoms. The lowest BCUT2D eigenvalue weighted by atomic mass is 9.98. The van der Waals surface area contributed by atoms with Crippen LogP contribution in [-0.2, 0) is 63.4 Å². The molecule has 1 heterocycles. The summed E-state index contributed by atoms with van der Waals surface area (Å²) in [4.78, 5) is 0.508. The summed E-state index contributed by atoms with van der Waals surface area (Å²) in [5.74, 6) is 0. The Morgan fingerprint density at radius 3 is 1.38 bits per heavy atom. The minimum absolute atomic E-state index is 0.0800. The quantitative estimate of drug-likeness (QED) is 0.0899. The van der Waals surface area contributed by atoms with Gasteiger partial charge in [-0.3, -0.25) is 0 Å². The fraction of sp³-hybridized carbons (Fsp3) is 0.250. The van der Waals surface area contributed by atoms with Crippen LogP contribution in [0.2, 0.25) is 0 Å². The van der Waals surface area contributed by atoms with Crippen LogP contribution >= 0.6 is 10.8 Å². The van der Waals surface area contributed by atoms with E-state index in [1.165, 1.54) is 0 Å². The molecule has 1 aliphatic heterocycles. The molecule has 6 rings (SSSR count). The van der Waals surface area contributed by atoms with Gasteiger partial charge in [0.15, 0.2) is 0 Å². The largest absolute Gasteiger partial charge is 0.374 e. The van der Waals surface area contributed by atoms with Crippen molar-refractivity contribution in [1.29, 1.82) is 0 Å². The predicted molar refractivity (Wildman–Crippen MR) is 192 cm³/mol. The summed E-state index contributed by atoms with van der Waals surface area (Å²) >= 11 is 0. The summed E-state index contributed by atoms with van der Waals surface area (Å²) in [6.07, 6.45) is -4.69. The number of benzene rings is 5. The average Bonchev–Trinajstić information content (AvgIpc) is 3.15. The smallest absolute Gasteiger partial charge is 0.329 e. The summed E-state index contributed by atoms with van der Waals surface area (Å²) in [6.45, 7) is 1.04. The molecule has 260 valence electrons. The zero-order valence-electron chi connectivity index (χ0n) is 27.4. The molecule has 0 radical (unpaired) electrons. The molecule has 0 unspecified atom stereocenters. The van der Waals surface area contributed by atoms with Gasteiger partial charge in [-0.1, -0.05) is 140 Å². The molecule has 5 aromatic rings. The molecule has 10 heteroatoms. The molecule has 1 fully saturated rings. The molecular weight excluding hydrogens is 673 g/mol. The second kappa shape index (κ2) is 18.4. The molecule has 0 amide bonds. The zero-order valence-corrected chi connectivity index (χ0v) is 29.1. The van der Waals surface area contributed by atoms with Crippen LogP contribution in [0.25, 0.3) is 0 Å². The number of rotatable bonds is 17. The summed E-state index contributed by atoms with van der Waals surface area (Å²) < 4.78 is 65.5. The molecular formula is C40H40O8S2. The molecule has 5 aromatic carbocycles. The van der Waals surface area contributed by atoms with Crippen molar-refractivity contribution >= 4 is 19.9 Å². The number of ether oxygens (including phenoxy) is 5. The van der Waals surface area contributed by atoms with Crippen LogP contribution in [0.15, 0.2) is 157 Å². The van der Waals surface area contributed by atoms with Crippen molar-refractivity contribution in [2.75, 3.05) is 6.61 Å². The normalized spacial score (nSPS) is 20.8. The summed E-state index contributed by atoms with van der Waals surface area (Å²) in [5, 5.41) is 0. The number of hydrogen-bond acceptors (Lipinski definition) is 9. The molecule has 0 N–H and O–H groups in total. The van der Waals surface area contributed by atoms with Crippen LogP contribution in [0, 0.1) is 0 Å². The SMILES string of the molecule is O=S(=O)(O[C@@H]1O[C@H](COCc2ccccc2)[C@@H](OCc2ccccc2)[C@H](OCc2ccccc2)[C@H]1OCc1ccccc1)Sc1ccccc1. The number of hydrogen-bond donors (Lipinski definition) is 0. The van der Waals surface area contributed by atoms with Crippen LogP contribution in [0.5, 0.6) is 0 Å². The fourth-order valence-electron chi connectivity index (χ4n) is 5.55. The lowest BCUT2D eigenvalue weighted by molar-refractivity contribution is -0.308. The van der Waals surface area contributed by atoms with E-state index in [-0.39, 0.29) is 26.4 Å². The second-order valence-corrected chi connectivity index (χ2v) is 15.1. The highest BCUT2D eigenvalue weighted by Gasteiger charge is 2.50. The highest BCUT2D eigenvalue weighted by atomic mass is 33.1. The maximum atomic E-state index is 13.6. The molecule has 1 saturated heterocycles. The van der Waals surface area contributed by atoms with Gasteiger partial charge < -0.3 is 23.7 Å². The van der Waals surface area contributed by atoms with Crippen LogP contribution < -0.4 is 0 Å². The molecule has 1 aliphatic rings. The summed E-state index contributed by atoms with van der Waals surface area (Å²) in [5.41, 5.74) is 3.77. The van der Waals surface area contributed by atoms with E-state index in [1.54, 1.807) is 24.3 Å². The van der Waals surface area contributed by atoms with Gasteiger partial charge in [-0.15, -0.1) is 0 Å². The molecule has 8 nitrogen and oxygen atoms in total. The summed E-state index contributed by atoms with van der Waals surface area (Å²) in [7, 11) is -3.62. The lowest BCUT2D eigenvalue weighted by Gasteiger charge is -2.45. The van der Waals surface area contributed by atoms with E-state index >= 15 is 0 Å². The Hall–Kier alpha value is -3.84. The van der Waals surface area contributed by atoms with Gasteiger partial charge in [0, 0.05) is 15.7 Å². The Bertz CT molecular complexity index is 1800. The molecule has 0 spiro atoms. The Labute approximate surface area is 297 Å². The van der Waals surface area contributed by atoms with E-state index in [4.69, 9.17) is 27.9 Å². The van der Waals surface area contributed by atoms with Crippen molar-refractivity contribution in [3.63, 3.8) is 0 Å². The minimum atomic E-state index is -4.23. The van der Waals surface area contributed by atoms with Crippen molar-refractivity contribution in [1.82, 2.24) is 0 Å². The van der Waals surface area contributed by atoms with Gasteiger partial charge in [0.2, 0.25) is 6.29 Å². The van der Waals surface area contributed by atoms with Crippen molar-refractivity contribution in [2.24, 2.45) is 0 Å². The van der Waals surface area contributed by atoms with Gasteiger partial charge in [0.25, 0.3) is 0 Å². The van der Waals surface area contributed by atoms with Crippen LogP contribution in [0.1, 0.15) is 22.3 Å². The van der Waals surface area contributed by atoms with Gasteiger partial charge in [-0.2, -0.15) is 8.42 Å². The Balaban J connectivity index is 1.32. The average molecular weight is 713 g/mol. The van der Waals surface area contributed by atoms with Gasteiger partial charge in [0.1, 0.15) is 24.4 Å². The minimum Gasteiger partial charge on any atom is -0.374 e. The monoisotopic (exact) mass is 712 g/mol. The van der Waals surface area contributed by atoms with Gasteiger partial charge >= 0.3 is 9.15 Å². The van der Waals surface area contributed by atoms with Gasteiger partial charge in [0.05, 0.1) is 33.0 Å². The van der Waals surface area contributed by atoms with Crippen molar-refractivity contribution in [3.05, 3.63) is 174 Å². The van der Waals surface area contributed by atoms with E-state index in [1.807, 2.05) is 127 Å². The first-order chi connectivity index (χ1) is 24.5. The fourth-order valence-corrected chi connectivity index (χ4v) is 7.88. The van der Waals surface area contributed by atoms with E-state index in [0.717, 1.165) is 22.3 Å². The first-order valence-corrected chi connectivity index (χ1v) is 19.2. The maximum Gasteiger partial charge on any atom is 0.329 e. The topological polar surface area (TPSA) is 89.5 Å². The Kier molecular flexibility index (Phi) is 13.2. The first-order valence-electron chi connectivity index (χ1n) is 16.4. The van der Waals surface area contributed by atoms with Gasteiger partial charge in [-0.05, 0) is 34.4 Å². The van der Waals surface area contributed by atoms with Crippen molar-refractivity contribution < 1.29 is 36.3 Å². The molecule has 0 bridgehead atoms. The highest BCUT2D eigenvalue weighted by Crippen LogP contribution is 2.35. The molecule has 5 atom stereocenters. The highest BCUT2D eigenvalue weighted by molar-refractivity contribution is 8.70. The molecule has 0 aromatic heterocycles. The molecule has 0 aliphatic carbocycles. The van der Waals surface area contributed by atoms with E-state index in [2.05, 4.69) is 0 Å². The standard InChI is InChI=1S/C40H40O8S2/c41-50(42,49-35-24-14-5-15-25-35)48-40-39(46-29-34-22-12-4-13-23-34)38(45-28-33-20-10-3-11-21-33)37(44-27-32-18-8-2-9-19-32)36(47-40)30-43-26-31-16-6-1-7-17-31/h1-25,36-40H,26-30H2/t36-,37-,38+,39-,40+/m1/s1. The summed E-state index contributed by atoms with van der Waals surface area (Å²) in [6, 6.07) is 47.7. The molecule has 0 saturated carbocycles. The van der Waals surface area contributed by atoms with Crippen LogP contribution in [-0.4, -0.2) is 45.7 Å². The predicted octanol–water partition coefficient (Wildman–Crippen LogP) is 7.74.